The lowest BCUT2D eigenvalue weighted by Crippen LogP contribution is -2.78. The number of rotatable bonds is 13. The molecule has 4 fully saturated rings. The van der Waals surface area contributed by atoms with Crippen molar-refractivity contribution in [3.63, 3.8) is 0 Å². The molecule has 0 N–H and O–H groups in total. The summed E-state index contributed by atoms with van der Waals surface area (Å²) in [5.74, 6) is 0.948. The van der Waals surface area contributed by atoms with Crippen LogP contribution in [0.1, 0.15) is 22.3 Å². The van der Waals surface area contributed by atoms with Gasteiger partial charge >= 0.3 is 5.97 Å². The summed E-state index contributed by atoms with van der Waals surface area (Å²) < 4.78 is 56.0. The first-order chi connectivity index (χ1) is 22.6. The Bertz CT molecular complexity index is 1390. The molecule has 46 heavy (non-hydrogen) atoms. The molecule has 4 aromatic rings. The molecule has 0 amide bonds. The minimum absolute atomic E-state index is 0.342. The number of benzene rings is 4. The Morgan fingerprint density at radius 2 is 0.783 bits per heavy atom. The Kier molecular flexibility index (Phi) is 8.95. The highest BCUT2D eigenvalue weighted by atomic mass is 16.9. The largest absolute Gasteiger partial charge is 0.497 e. The molecule has 1 saturated carbocycles. The van der Waals surface area contributed by atoms with Crippen molar-refractivity contribution in [3.8, 4) is 17.2 Å². The lowest BCUT2D eigenvalue weighted by Gasteiger charge is -2.62. The molecule has 0 aromatic heterocycles. The van der Waals surface area contributed by atoms with Crippen molar-refractivity contribution < 1.29 is 42.6 Å². The van der Waals surface area contributed by atoms with Gasteiger partial charge in [0.1, 0.15) is 53.9 Å². The molecule has 3 saturated heterocycles. The fourth-order valence-corrected chi connectivity index (χ4v) is 6.30. The third-order valence-electron chi connectivity index (χ3n) is 8.75. The van der Waals surface area contributed by atoms with Crippen molar-refractivity contribution >= 4 is 0 Å². The van der Waals surface area contributed by atoms with Crippen LogP contribution in [0.15, 0.2) is 103 Å². The Morgan fingerprint density at radius 1 is 0.457 bits per heavy atom. The molecular weight excluding hydrogens is 588 g/mol. The van der Waals surface area contributed by atoms with Crippen LogP contribution < -0.4 is 14.2 Å². The van der Waals surface area contributed by atoms with E-state index in [1.807, 2.05) is 103 Å². The van der Waals surface area contributed by atoms with Crippen molar-refractivity contribution in [2.45, 2.75) is 62.4 Å². The van der Waals surface area contributed by atoms with Crippen LogP contribution >= 0.6 is 0 Å². The maximum absolute atomic E-state index is 6.70. The summed E-state index contributed by atoms with van der Waals surface area (Å²) in [6.45, 7) is 1.03. The molecule has 0 atom stereocenters. The van der Waals surface area contributed by atoms with Crippen molar-refractivity contribution in [3.05, 3.63) is 125 Å². The number of hydrogen-bond donors (Lipinski definition) is 0. The highest BCUT2D eigenvalue weighted by Crippen LogP contribution is 2.52. The summed E-state index contributed by atoms with van der Waals surface area (Å²) in [5, 5.41) is 0. The highest BCUT2D eigenvalue weighted by Gasteiger charge is 2.69. The molecule has 3 heterocycles. The van der Waals surface area contributed by atoms with Crippen LogP contribution in [0, 0.1) is 0 Å². The van der Waals surface area contributed by atoms with E-state index in [-0.39, 0.29) is 0 Å². The lowest BCUT2D eigenvalue weighted by molar-refractivity contribution is -0.554. The van der Waals surface area contributed by atoms with Crippen LogP contribution in [0.2, 0.25) is 0 Å². The molecule has 0 spiro atoms. The first-order valence-electron chi connectivity index (χ1n) is 15.4. The van der Waals surface area contributed by atoms with Crippen LogP contribution in [0.3, 0.4) is 0 Å². The second kappa shape index (κ2) is 13.4. The molecule has 1 aliphatic carbocycles. The lowest BCUT2D eigenvalue weighted by atomic mass is 9.80. The fourth-order valence-electron chi connectivity index (χ4n) is 6.30. The topological polar surface area (TPSA) is 83.1 Å². The predicted octanol–water partition coefficient (Wildman–Crippen LogP) is 5.78. The first-order valence-corrected chi connectivity index (χ1v) is 15.4. The van der Waals surface area contributed by atoms with Crippen molar-refractivity contribution in [1.29, 1.82) is 0 Å². The fraction of sp³-hybridized carbons (Fsp3) is 0.351. The molecule has 9 heteroatoms. The van der Waals surface area contributed by atoms with Crippen molar-refractivity contribution in [1.82, 2.24) is 0 Å². The van der Waals surface area contributed by atoms with Gasteiger partial charge in [0.15, 0.2) is 0 Å². The van der Waals surface area contributed by atoms with Gasteiger partial charge in [-0.3, -0.25) is 0 Å². The molecule has 4 aliphatic rings. The quantitative estimate of drug-likeness (QED) is 0.184. The van der Waals surface area contributed by atoms with E-state index in [0.717, 1.165) is 39.5 Å². The van der Waals surface area contributed by atoms with Crippen LogP contribution in [0.25, 0.3) is 0 Å². The molecule has 8 rings (SSSR count). The second-order valence-electron chi connectivity index (χ2n) is 11.5. The summed E-state index contributed by atoms with van der Waals surface area (Å²) >= 11 is 0. The summed E-state index contributed by atoms with van der Waals surface area (Å²) in [7, 11) is 4.95. The first kappa shape index (κ1) is 30.7. The van der Waals surface area contributed by atoms with Gasteiger partial charge in [-0.2, -0.15) is 0 Å². The van der Waals surface area contributed by atoms with Crippen LogP contribution in [-0.4, -0.2) is 58.0 Å². The maximum Gasteiger partial charge on any atom is 0.313 e. The number of methoxy groups -OCH3 is 3. The van der Waals surface area contributed by atoms with E-state index in [1.165, 1.54) is 0 Å². The average molecular weight is 627 g/mol. The van der Waals surface area contributed by atoms with Crippen LogP contribution in [0.5, 0.6) is 17.2 Å². The van der Waals surface area contributed by atoms with E-state index in [4.69, 9.17) is 42.6 Å². The van der Waals surface area contributed by atoms with E-state index < -0.39 is 42.6 Å². The van der Waals surface area contributed by atoms with Gasteiger partial charge in [0.05, 0.1) is 41.2 Å². The summed E-state index contributed by atoms with van der Waals surface area (Å²) in [6, 6.07) is 33.2. The van der Waals surface area contributed by atoms with Gasteiger partial charge in [0.25, 0.3) is 0 Å². The molecular formula is C37H38O9. The summed E-state index contributed by atoms with van der Waals surface area (Å²) in [6.07, 6.45) is -2.97. The zero-order valence-electron chi connectivity index (χ0n) is 26.1. The summed E-state index contributed by atoms with van der Waals surface area (Å²) in [4.78, 5) is 0. The molecule has 0 unspecified atom stereocenters. The van der Waals surface area contributed by atoms with Gasteiger partial charge in [0.2, 0.25) is 0 Å². The Morgan fingerprint density at radius 3 is 1.09 bits per heavy atom. The zero-order valence-corrected chi connectivity index (χ0v) is 26.1. The Balaban J connectivity index is 1.19. The van der Waals surface area contributed by atoms with E-state index in [2.05, 4.69) is 0 Å². The second-order valence-corrected chi connectivity index (χ2v) is 11.5. The highest BCUT2D eigenvalue weighted by molar-refractivity contribution is 5.29. The van der Waals surface area contributed by atoms with E-state index in [0.29, 0.717) is 19.8 Å². The number of hydrogen-bond acceptors (Lipinski definition) is 9. The van der Waals surface area contributed by atoms with Gasteiger partial charge in [-0.05, 0) is 53.1 Å². The van der Waals surface area contributed by atoms with Gasteiger partial charge in [0, 0.05) is 5.56 Å². The van der Waals surface area contributed by atoms with Crippen LogP contribution in [-0.2, 0) is 54.2 Å². The molecule has 240 valence electrons. The Labute approximate surface area is 268 Å². The van der Waals surface area contributed by atoms with E-state index in [9.17, 15) is 0 Å². The SMILES string of the molecule is COc1ccc(COC2C3OC4(c5ccccc5)OC2C(OCc2ccc(OC)cc2)C(O4)C3OCc2ccc(OC)cc2)cc1. The average Bonchev–Trinajstić information content (AvgIpc) is 3.12. The van der Waals surface area contributed by atoms with E-state index in [1.54, 1.807) is 21.3 Å². The normalized spacial score (nSPS) is 27.8. The van der Waals surface area contributed by atoms with Gasteiger partial charge < -0.3 is 42.6 Å². The van der Waals surface area contributed by atoms with Crippen molar-refractivity contribution in [2.75, 3.05) is 21.3 Å². The van der Waals surface area contributed by atoms with Gasteiger partial charge in [-0.15, -0.1) is 0 Å². The molecule has 4 aromatic carbocycles. The van der Waals surface area contributed by atoms with Gasteiger partial charge in [-0.25, -0.2) is 0 Å². The van der Waals surface area contributed by atoms with Crippen LogP contribution in [0.4, 0.5) is 0 Å². The molecule has 4 bridgehead atoms. The smallest absolute Gasteiger partial charge is 0.313 e. The van der Waals surface area contributed by atoms with Gasteiger partial charge in [-0.1, -0.05) is 66.7 Å². The minimum Gasteiger partial charge on any atom is -0.497 e. The molecule has 0 radical (unpaired) electrons. The zero-order chi connectivity index (χ0) is 31.5. The monoisotopic (exact) mass is 626 g/mol. The maximum atomic E-state index is 6.70. The van der Waals surface area contributed by atoms with Crippen molar-refractivity contribution in [2.24, 2.45) is 0 Å². The predicted molar refractivity (Wildman–Crippen MR) is 167 cm³/mol. The number of ether oxygens (including phenoxy) is 9. The Hall–Kier alpha value is -3.96. The van der Waals surface area contributed by atoms with E-state index >= 15 is 0 Å². The minimum atomic E-state index is -1.40. The molecule has 9 nitrogen and oxygen atoms in total. The summed E-state index contributed by atoms with van der Waals surface area (Å²) in [5.41, 5.74) is 3.76. The third-order valence-corrected chi connectivity index (χ3v) is 8.75. The third kappa shape index (κ3) is 6.10. The molecule has 3 aliphatic heterocycles. The standard InChI is InChI=1S/C37H38O9/c1-38-28-15-9-24(10-16-28)21-41-31-34-32(42-22-25-11-17-29(39-2)18-12-25)36-33(43-23-26-13-19-30(40-3)20-14-26)35(31)45-37(44-34,46-36)27-7-5-4-6-8-27/h4-20,31-36H,21-23H2,1-3H3.